The highest BCUT2D eigenvalue weighted by atomic mass is 32.1. The van der Waals surface area contributed by atoms with Gasteiger partial charge in [-0.15, -0.1) is 22.7 Å². The third kappa shape index (κ3) is 3.02. The number of hydrogen-bond donors (Lipinski definition) is 2. The van der Waals surface area contributed by atoms with Gasteiger partial charge in [-0.1, -0.05) is 6.07 Å². The first kappa shape index (κ1) is 12.8. The molecule has 1 saturated heterocycles. The Kier molecular flexibility index (Phi) is 3.91. The molecule has 0 aromatic carbocycles. The first-order valence-electron chi connectivity index (χ1n) is 6.34. The molecule has 19 heavy (non-hydrogen) atoms. The van der Waals surface area contributed by atoms with Crippen LogP contribution in [0.2, 0.25) is 0 Å². The summed E-state index contributed by atoms with van der Waals surface area (Å²) in [5.41, 5.74) is 0.527. The summed E-state index contributed by atoms with van der Waals surface area (Å²) >= 11 is 3.16. The summed E-state index contributed by atoms with van der Waals surface area (Å²) in [5, 5.41) is 11.1. The van der Waals surface area contributed by atoms with Gasteiger partial charge in [0, 0.05) is 18.0 Å². The third-order valence-corrected chi connectivity index (χ3v) is 4.98. The number of carbonyl (C=O) groups excluding carboxylic acids is 1. The summed E-state index contributed by atoms with van der Waals surface area (Å²) in [6.45, 7) is 1.90. The van der Waals surface area contributed by atoms with Crippen molar-refractivity contribution >= 4 is 28.6 Å². The maximum Gasteiger partial charge on any atom is 0.271 e. The van der Waals surface area contributed by atoms with Crippen molar-refractivity contribution in [2.45, 2.75) is 18.9 Å². The first-order valence-corrected chi connectivity index (χ1v) is 8.10. The van der Waals surface area contributed by atoms with Crippen LogP contribution in [0.25, 0.3) is 9.88 Å². The van der Waals surface area contributed by atoms with Crippen LogP contribution in [0.15, 0.2) is 22.9 Å². The zero-order valence-corrected chi connectivity index (χ0v) is 12.0. The van der Waals surface area contributed by atoms with Gasteiger partial charge in [0.2, 0.25) is 0 Å². The maximum absolute atomic E-state index is 12.1. The third-order valence-electron chi connectivity index (χ3n) is 3.10. The molecule has 3 heterocycles. The van der Waals surface area contributed by atoms with E-state index < -0.39 is 0 Å². The van der Waals surface area contributed by atoms with E-state index in [4.69, 9.17) is 0 Å². The zero-order valence-electron chi connectivity index (χ0n) is 10.4. The maximum atomic E-state index is 12.1. The molecule has 1 amide bonds. The Hall–Kier alpha value is -1.24. The SMILES string of the molecule is O=C(N[C@H]1CCCNC1)c1csc(-c2cccs2)n1. The molecule has 0 spiro atoms. The van der Waals surface area contributed by atoms with Gasteiger partial charge in [0.25, 0.3) is 5.91 Å². The van der Waals surface area contributed by atoms with E-state index in [0.717, 1.165) is 35.8 Å². The van der Waals surface area contributed by atoms with Crippen LogP contribution >= 0.6 is 22.7 Å². The van der Waals surface area contributed by atoms with Crippen molar-refractivity contribution in [1.82, 2.24) is 15.6 Å². The Bertz CT molecular complexity index is 544. The van der Waals surface area contributed by atoms with Crippen molar-refractivity contribution in [2.24, 2.45) is 0 Å². The average Bonchev–Trinajstić information content (AvgIpc) is 3.11. The summed E-state index contributed by atoms with van der Waals surface area (Å²) in [6.07, 6.45) is 2.16. The van der Waals surface area contributed by atoms with Crippen LogP contribution < -0.4 is 10.6 Å². The van der Waals surface area contributed by atoms with Gasteiger partial charge < -0.3 is 10.6 Å². The molecule has 0 aliphatic carbocycles. The minimum absolute atomic E-state index is 0.0623. The number of nitrogens with zero attached hydrogens (tertiary/aromatic N) is 1. The van der Waals surface area contributed by atoms with Crippen LogP contribution in [0.3, 0.4) is 0 Å². The summed E-state index contributed by atoms with van der Waals surface area (Å²) in [6, 6.07) is 4.25. The number of thiazole rings is 1. The van der Waals surface area contributed by atoms with E-state index >= 15 is 0 Å². The van der Waals surface area contributed by atoms with Gasteiger partial charge in [-0.2, -0.15) is 0 Å². The molecule has 100 valence electrons. The van der Waals surface area contributed by atoms with Gasteiger partial charge in [-0.05, 0) is 30.8 Å². The summed E-state index contributed by atoms with van der Waals surface area (Å²) in [7, 11) is 0. The quantitative estimate of drug-likeness (QED) is 0.913. The van der Waals surface area contributed by atoms with Crippen molar-refractivity contribution in [3.63, 3.8) is 0 Å². The molecule has 0 saturated carbocycles. The van der Waals surface area contributed by atoms with Gasteiger partial charge in [0.05, 0.1) is 4.88 Å². The number of aromatic nitrogens is 1. The number of rotatable bonds is 3. The minimum Gasteiger partial charge on any atom is -0.347 e. The Morgan fingerprint density at radius 1 is 1.47 bits per heavy atom. The predicted octanol–water partition coefficient (Wildman–Crippen LogP) is 2.35. The fraction of sp³-hybridized carbons (Fsp3) is 0.385. The highest BCUT2D eigenvalue weighted by Crippen LogP contribution is 2.27. The van der Waals surface area contributed by atoms with E-state index in [2.05, 4.69) is 15.6 Å². The second-order valence-electron chi connectivity index (χ2n) is 4.53. The Morgan fingerprint density at radius 2 is 2.42 bits per heavy atom. The van der Waals surface area contributed by atoms with Crippen LogP contribution in [-0.2, 0) is 0 Å². The Morgan fingerprint density at radius 3 is 3.16 bits per heavy atom. The predicted molar refractivity (Wildman–Crippen MR) is 78.8 cm³/mol. The number of nitrogens with one attached hydrogen (secondary N) is 2. The van der Waals surface area contributed by atoms with E-state index in [-0.39, 0.29) is 11.9 Å². The molecule has 1 fully saturated rings. The molecule has 4 nitrogen and oxygen atoms in total. The number of hydrogen-bond acceptors (Lipinski definition) is 5. The van der Waals surface area contributed by atoms with Gasteiger partial charge in [-0.25, -0.2) is 4.98 Å². The lowest BCUT2D eigenvalue weighted by Crippen LogP contribution is -2.45. The van der Waals surface area contributed by atoms with Gasteiger partial charge in [0.15, 0.2) is 0 Å². The first-order chi connectivity index (χ1) is 9.33. The van der Waals surface area contributed by atoms with E-state index in [1.165, 1.54) is 11.3 Å². The summed E-state index contributed by atoms with van der Waals surface area (Å²) in [5.74, 6) is -0.0623. The molecular formula is C13H15N3OS2. The fourth-order valence-electron chi connectivity index (χ4n) is 2.13. The normalized spacial score (nSPS) is 19.3. The molecule has 2 N–H and O–H groups in total. The molecule has 0 unspecified atom stereocenters. The lowest BCUT2D eigenvalue weighted by Gasteiger charge is -2.23. The highest BCUT2D eigenvalue weighted by molar-refractivity contribution is 7.20. The average molecular weight is 293 g/mol. The molecule has 0 bridgehead atoms. The number of carbonyl (C=O) groups is 1. The smallest absolute Gasteiger partial charge is 0.271 e. The second kappa shape index (κ2) is 5.81. The van der Waals surface area contributed by atoms with Crippen LogP contribution in [0, 0.1) is 0 Å². The van der Waals surface area contributed by atoms with E-state index in [1.807, 2.05) is 22.9 Å². The fourth-order valence-corrected chi connectivity index (χ4v) is 3.74. The lowest BCUT2D eigenvalue weighted by atomic mass is 10.1. The topological polar surface area (TPSA) is 54.0 Å². The van der Waals surface area contributed by atoms with Crippen LogP contribution in [0.4, 0.5) is 0 Å². The van der Waals surface area contributed by atoms with Crippen LogP contribution in [0.5, 0.6) is 0 Å². The number of amides is 1. The van der Waals surface area contributed by atoms with Crippen LogP contribution in [0.1, 0.15) is 23.3 Å². The molecule has 2 aromatic heterocycles. The summed E-state index contributed by atoms with van der Waals surface area (Å²) in [4.78, 5) is 17.6. The van der Waals surface area contributed by atoms with Crippen molar-refractivity contribution in [3.8, 4) is 9.88 Å². The number of piperidine rings is 1. The Balaban J connectivity index is 1.67. The van der Waals surface area contributed by atoms with Gasteiger partial charge in [0.1, 0.15) is 10.7 Å². The zero-order chi connectivity index (χ0) is 13.1. The minimum atomic E-state index is -0.0623. The van der Waals surface area contributed by atoms with Crippen molar-refractivity contribution in [2.75, 3.05) is 13.1 Å². The molecule has 0 radical (unpaired) electrons. The summed E-state index contributed by atoms with van der Waals surface area (Å²) < 4.78 is 0. The largest absolute Gasteiger partial charge is 0.347 e. The van der Waals surface area contributed by atoms with Crippen molar-refractivity contribution < 1.29 is 4.79 Å². The molecule has 3 rings (SSSR count). The van der Waals surface area contributed by atoms with E-state index in [9.17, 15) is 4.79 Å². The Labute approximate surface area is 119 Å². The van der Waals surface area contributed by atoms with Crippen molar-refractivity contribution in [1.29, 1.82) is 0 Å². The van der Waals surface area contributed by atoms with E-state index in [0.29, 0.717) is 5.69 Å². The molecule has 1 atom stereocenters. The van der Waals surface area contributed by atoms with Crippen LogP contribution in [-0.4, -0.2) is 30.0 Å². The second-order valence-corrected chi connectivity index (χ2v) is 6.34. The molecular weight excluding hydrogens is 278 g/mol. The van der Waals surface area contributed by atoms with Gasteiger partial charge >= 0.3 is 0 Å². The molecule has 1 aliphatic heterocycles. The monoisotopic (exact) mass is 293 g/mol. The molecule has 6 heteroatoms. The highest BCUT2D eigenvalue weighted by Gasteiger charge is 2.18. The molecule has 2 aromatic rings. The molecule has 1 aliphatic rings. The van der Waals surface area contributed by atoms with Crippen molar-refractivity contribution in [3.05, 3.63) is 28.6 Å². The standard InChI is InChI=1S/C13H15N3OS2/c17-12(15-9-3-1-5-14-7-9)10-8-19-13(16-10)11-4-2-6-18-11/h2,4,6,8-9,14H,1,3,5,7H2,(H,15,17)/t9-/m0/s1. The number of thiophene rings is 1. The van der Waals surface area contributed by atoms with Gasteiger partial charge in [-0.3, -0.25) is 4.79 Å². The lowest BCUT2D eigenvalue weighted by molar-refractivity contribution is 0.0926. The van der Waals surface area contributed by atoms with E-state index in [1.54, 1.807) is 11.3 Å².